The average Bonchev–Trinajstić information content (AvgIpc) is 3.12. The predicted octanol–water partition coefficient (Wildman–Crippen LogP) is 0.488. The molecule has 0 atom stereocenters. The van der Waals surface area contributed by atoms with E-state index in [1.165, 1.54) is 0 Å². The molecular formula is C14H21N7O4. The number of nitro groups is 1. The molecule has 0 radical (unpaired) electrons. The largest absolute Gasteiger partial charge is 0.377 e. The number of rotatable bonds is 6. The molecule has 0 bridgehead atoms. The van der Waals surface area contributed by atoms with Gasteiger partial charge in [0.05, 0.1) is 11.5 Å². The number of aryl methyl sites for hydroxylation is 2. The van der Waals surface area contributed by atoms with E-state index in [1.807, 2.05) is 4.90 Å². The predicted molar refractivity (Wildman–Crippen MR) is 87.1 cm³/mol. The molecule has 0 N–H and O–H groups in total. The molecule has 1 saturated heterocycles. The molecule has 0 aromatic carbocycles. The first-order valence-corrected chi connectivity index (χ1v) is 7.95. The van der Waals surface area contributed by atoms with Gasteiger partial charge in [0.15, 0.2) is 5.82 Å². The summed E-state index contributed by atoms with van der Waals surface area (Å²) in [5, 5.41) is 19.4. The lowest BCUT2D eigenvalue weighted by Crippen LogP contribution is -2.46. The van der Waals surface area contributed by atoms with Gasteiger partial charge in [-0.1, -0.05) is 5.16 Å². The number of hydrogen-bond donors (Lipinski definition) is 0. The van der Waals surface area contributed by atoms with Crippen molar-refractivity contribution in [2.75, 3.05) is 38.2 Å². The lowest BCUT2D eigenvalue weighted by molar-refractivity contribution is -0.384. The minimum Gasteiger partial charge on any atom is -0.377 e. The van der Waals surface area contributed by atoms with E-state index in [1.54, 1.807) is 25.8 Å². The van der Waals surface area contributed by atoms with Gasteiger partial charge in [0.25, 0.3) is 0 Å². The van der Waals surface area contributed by atoms with Crippen LogP contribution < -0.4 is 4.90 Å². The molecule has 136 valence electrons. The normalized spacial score (nSPS) is 15.7. The van der Waals surface area contributed by atoms with Gasteiger partial charge in [-0.05, 0) is 6.92 Å². The van der Waals surface area contributed by atoms with Gasteiger partial charge in [0.2, 0.25) is 11.7 Å². The van der Waals surface area contributed by atoms with Gasteiger partial charge in [0.1, 0.15) is 12.3 Å². The van der Waals surface area contributed by atoms with E-state index in [0.29, 0.717) is 49.5 Å². The lowest BCUT2D eigenvalue weighted by atomic mass is 10.3. The van der Waals surface area contributed by atoms with Crippen LogP contribution in [0.15, 0.2) is 4.52 Å². The van der Waals surface area contributed by atoms with Crippen molar-refractivity contribution in [1.82, 2.24) is 24.8 Å². The third-order valence-corrected chi connectivity index (χ3v) is 4.16. The summed E-state index contributed by atoms with van der Waals surface area (Å²) < 4.78 is 11.8. The molecule has 3 rings (SSSR count). The van der Waals surface area contributed by atoms with Crippen molar-refractivity contribution in [3.05, 3.63) is 27.5 Å². The maximum absolute atomic E-state index is 11.3. The van der Waals surface area contributed by atoms with E-state index in [2.05, 4.69) is 20.1 Å². The Morgan fingerprint density at radius 3 is 2.68 bits per heavy atom. The molecule has 2 aromatic rings. The van der Waals surface area contributed by atoms with Gasteiger partial charge < -0.3 is 14.2 Å². The summed E-state index contributed by atoms with van der Waals surface area (Å²) in [5.74, 6) is 1.63. The van der Waals surface area contributed by atoms with E-state index in [4.69, 9.17) is 9.26 Å². The van der Waals surface area contributed by atoms with Gasteiger partial charge in [-0.3, -0.25) is 15.0 Å². The number of anilines is 1. The van der Waals surface area contributed by atoms with Crippen LogP contribution in [0.4, 0.5) is 11.5 Å². The van der Waals surface area contributed by atoms with Crippen molar-refractivity contribution in [3.8, 4) is 0 Å². The topological polar surface area (TPSA) is 116 Å². The highest BCUT2D eigenvalue weighted by Gasteiger charge is 2.30. The number of ether oxygens (including phenoxy) is 1. The van der Waals surface area contributed by atoms with E-state index in [0.717, 1.165) is 13.1 Å². The minimum absolute atomic E-state index is 0.0806. The SMILES string of the molecule is COCc1noc(CN2CCN(c3c([N+](=O)[O-])c(C)nn3C)CC2)n1. The summed E-state index contributed by atoms with van der Waals surface area (Å²) in [6, 6.07) is 0. The van der Waals surface area contributed by atoms with E-state index in [9.17, 15) is 10.1 Å². The fraction of sp³-hybridized carbons (Fsp3) is 0.643. The quantitative estimate of drug-likeness (QED) is 0.541. The molecular weight excluding hydrogens is 330 g/mol. The number of piperazine rings is 1. The summed E-state index contributed by atoms with van der Waals surface area (Å²) in [6.45, 7) is 5.34. The molecule has 25 heavy (non-hydrogen) atoms. The van der Waals surface area contributed by atoms with Crippen molar-refractivity contribution in [2.45, 2.75) is 20.1 Å². The third-order valence-electron chi connectivity index (χ3n) is 4.16. The molecule has 0 saturated carbocycles. The van der Waals surface area contributed by atoms with Crippen LogP contribution in [0.5, 0.6) is 0 Å². The zero-order chi connectivity index (χ0) is 18.0. The fourth-order valence-electron chi connectivity index (χ4n) is 3.05. The Labute approximate surface area is 144 Å². The van der Waals surface area contributed by atoms with Crippen LogP contribution in [0.3, 0.4) is 0 Å². The number of aromatic nitrogens is 4. The van der Waals surface area contributed by atoms with Crippen molar-refractivity contribution >= 4 is 11.5 Å². The first-order valence-electron chi connectivity index (χ1n) is 7.95. The van der Waals surface area contributed by atoms with Crippen LogP contribution in [-0.2, 0) is 24.9 Å². The highest BCUT2D eigenvalue weighted by atomic mass is 16.6. The zero-order valence-corrected chi connectivity index (χ0v) is 14.5. The van der Waals surface area contributed by atoms with E-state index < -0.39 is 0 Å². The molecule has 3 heterocycles. The summed E-state index contributed by atoms with van der Waals surface area (Å²) in [4.78, 5) is 19.4. The maximum atomic E-state index is 11.3. The first-order chi connectivity index (χ1) is 12.0. The molecule has 0 spiro atoms. The van der Waals surface area contributed by atoms with E-state index in [-0.39, 0.29) is 10.6 Å². The number of nitrogens with zero attached hydrogens (tertiary/aromatic N) is 7. The summed E-state index contributed by atoms with van der Waals surface area (Å²) in [6.07, 6.45) is 0. The van der Waals surface area contributed by atoms with Crippen LogP contribution in [-0.4, -0.2) is 63.0 Å². The van der Waals surface area contributed by atoms with Gasteiger partial charge in [-0.25, -0.2) is 4.68 Å². The summed E-state index contributed by atoms with van der Waals surface area (Å²) in [7, 11) is 3.31. The van der Waals surface area contributed by atoms with E-state index >= 15 is 0 Å². The second-order valence-corrected chi connectivity index (χ2v) is 5.94. The Kier molecular flexibility index (Phi) is 4.95. The van der Waals surface area contributed by atoms with Crippen LogP contribution >= 0.6 is 0 Å². The zero-order valence-electron chi connectivity index (χ0n) is 14.5. The Balaban J connectivity index is 1.63. The number of methoxy groups -OCH3 is 1. The molecule has 11 nitrogen and oxygen atoms in total. The lowest BCUT2D eigenvalue weighted by Gasteiger charge is -2.34. The molecule has 2 aromatic heterocycles. The van der Waals surface area contributed by atoms with Crippen LogP contribution in [0.2, 0.25) is 0 Å². The third kappa shape index (κ3) is 3.61. The average molecular weight is 351 g/mol. The molecule has 0 amide bonds. The standard InChI is InChI=1S/C14H21N7O4/c1-10-13(21(22)23)14(18(2)16-10)20-6-4-19(5-7-20)8-12-15-11(9-24-3)17-25-12/h4-9H2,1-3H3. The molecule has 0 unspecified atom stereocenters. The second-order valence-electron chi connectivity index (χ2n) is 5.94. The summed E-state index contributed by atoms with van der Waals surface area (Å²) in [5.41, 5.74) is 0.513. The fourth-order valence-corrected chi connectivity index (χ4v) is 3.05. The monoisotopic (exact) mass is 351 g/mol. The Morgan fingerprint density at radius 1 is 1.32 bits per heavy atom. The Morgan fingerprint density at radius 2 is 2.04 bits per heavy atom. The van der Waals surface area contributed by atoms with Gasteiger partial charge in [0, 0.05) is 40.3 Å². The molecule has 0 aliphatic carbocycles. The Hall–Kier alpha value is -2.53. The number of hydrogen-bond acceptors (Lipinski definition) is 9. The highest BCUT2D eigenvalue weighted by Crippen LogP contribution is 2.31. The minimum atomic E-state index is -0.361. The van der Waals surface area contributed by atoms with Crippen molar-refractivity contribution < 1.29 is 14.2 Å². The van der Waals surface area contributed by atoms with Gasteiger partial charge in [-0.15, -0.1) is 0 Å². The first kappa shape index (κ1) is 17.3. The van der Waals surface area contributed by atoms with Crippen molar-refractivity contribution in [1.29, 1.82) is 0 Å². The van der Waals surface area contributed by atoms with Gasteiger partial charge >= 0.3 is 5.69 Å². The van der Waals surface area contributed by atoms with Crippen LogP contribution in [0.25, 0.3) is 0 Å². The smallest absolute Gasteiger partial charge is 0.333 e. The van der Waals surface area contributed by atoms with Crippen molar-refractivity contribution in [3.63, 3.8) is 0 Å². The molecule has 1 aliphatic heterocycles. The highest BCUT2D eigenvalue weighted by molar-refractivity contribution is 5.61. The molecule has 1 fully saturated rings. The summed E-state index contributed by atoms with van der Waals surface area (Å²) >= 11 is 0. The Bertz CT molecular complexity index is 748. The van der Waals surface area contributed by atoms with Gasteiger partial charge in [-0.2, -0.15) is 10.1 Å². The maximum Gasteiger partial charge on any atom is 0.333 e. The second kappa shape index (κ2) is 7.15. The van der Waals surface area contributed by atoms with Crippen molar-refractivity contribution in [2.24, 2.45) is 7.05 Å². The van der Waals surface area contributed by atoms with Crippen LogP contribution in [0, 0.1) is 17.0 Å². The van der Waals surface area contributed by atoms with Crippen LogP contribution in [0.1, 0.15) is 17.4 Å². The molecule has 11 heteroatoms. The molecule has 1 aliphatic rings.